The summed E-state index contributed by atoms with van der Waals surface area (Å²) in [6.45, 7) is 1.08. The van der Waals surface area contributed by atoms with Gasteiger partial charge in [-0.05, 0) is 31.2 Å². The van der Waals surface area contributed by atoms with E-state index in [1.54, 1.807) is 0 Å². The fourth-order valence-corrected chi connectivity index (χ4v) is 2.21. The normalized spacial score (nSPS) is 11.3. The van der Waals surface area contributed by atoms with Crippen LogP contribution in [0.25, 0.3) is 0 Å². The number of ether oxygens (including phenoxy) is 1. The van der Waals surface area contributed by atoms with Crippen LogP contribution in [0.15, 0.2) is 30.3 Å². The summed E-state index contributed by atoms with van der Waals surface area (Å²) in [6, 6.07) is 3.70. The molecule has 0 spiro atoms. The smallest absolute Gasteiger partial charge is 0.416 e. The van der Waals surface area contributed by atoms with Crippen LogP contribution in [-0.4, -0.2) is 10.7 Å². The second kappa shape index (κ2) is 6.67. The molecule has 0 bridgehead atoms. The first-order valence-corrected chi connectivity index (χ1v) is 6.92. The fraction of sp³-hybridized carbons (Fsp3) is 0.133. The number of nitro benzene ring substituents is 1. The van der Waals surface area contributed by atoms with Crippen LogP contribution in [0.5, 0.6) is 11.5 Å². The SMILES string of the molecule is CC(=O)c1cc(Oc2c(F)cc(C(F)(F)F)cc2Cl)ccc1[N+](=O)[O-]. The zero-order valence-electron chi connectivity index (χ0n) is 12.4. The maximum atomic E-state index is 13.9. The van der Waals surface area contributed by atoms with Gasteiger partial charge in [0.2, 0.25) is 0 Å². The molecule has 0 amide bonds. The minimum Gasteiger partial charge on any atom is -0.453 e. The number of carbonyl (C=O) groups is 1. The number of Topliss-reactive ketones (excluding diaryl/α,β-unsaturated/α-hetero) is 1. The molecule has 0 aliphatic heterocycles. The molecule has 0 heterocycles. The molecule has 0 fully saturated rings. The molecule has 0 unspecified atom stereocenters. The summed E-state index contributed by atoms with van der Waals surface area (Å²) in [5.74, 6) is -2.91. The molecule has 0 aliphatic rings. The van der Waals surface area contributed by atoms with Crippen LogP contribution in [0.2, 0.25) is 5.02 Å². The van der Waals surface area contributed by atoms with E-state index in [-0.39, 0.29) is 17.4 Å². The lowest BCUT2D eigenvalue weighted by atomic mass is 10.1. The summed E-state index contributed by atoms with van der Waals surface area (Å²) in [5.41, 5.74) is -2.08. The summed E-state index contributed by atoms with van der Waals surface area (Å²) in [7, 11) is 0. The summed E-state index contributed by atoms with van der Waals surface area (Å²) >= 11 is 5.63. The predicted molar refractivity (Wildman–Crippen MR) is 79.6 cm³/mol. The third-order valence-electron chi connectivity index (χ3n) is 3.09. The molecule has 0 aromatic heterocycles. The minimum atomic E-state index is -4.79. The molecular formula is C15H8ClF4NO4. The van der Waals surface area contributed by atoms with Gasteiger partial charge in [-0.25, -0.2) is 4.39 Å². The molecule has 0 saturated heterocycles. The van der Waals surface area contributed by atoms with Crippen molar-refractivity contribution in [3.63, 3.8) is 0 Å². The number of hydrogen-bond donors (Lipinski definition) is 0. The van der Waals surface area contributed by atoms with E-state index in [2.05, 4.69) is 0 Å². The topological polar surface area (TPSA) is 69.4 Å². The van der Waals surface area contributed by atoms with Gasteiger partial charge in [-0.3, -0.25) is 14.9 Å². The summed E-state index contributed by atoms with van der Waals surface area (Å²) in [6.07, 6.45) is -4.79. The zero-order valence-corrected chi connectivity index (χ0v) is 13.1. The van der Waals surface area contributed by atoms with E-state index in [4.69, 9.17) is 16.3 Å². The molecule has 25 heavy (non-hydrogen) atoms. The Morgan fingerprint density at radius 2 is 1.88 bits per heavy atom. The number of benzene rings is 2. The van der Waals surface area contributed by atoms with E-state index in [1.807, 2.05) is 0 Å². The van der Waals surface area contributed by atoms with Gasteiger partial charge in [0.25, 0.3) is 5.69 Å². The second-order valence-electron chi connectivity index (χ2n) is 4.86. The molecule has 0 radical (unpaired) electrons. The Balaban J connectivity index is 2.45. The van der Waals surface area contributed by atoms with E-state index in [1.165, 1.54) is 0 Å². The number of ketones is 1. The Hall–Kier alpha value is -2.68. The van der Waals surface area contributed by atoms with Crippen LogP contribution < -0.4 is 4.74 Å². The predicted octanol–water partition coefficient (Wildman–Crippen LogP) is 5.40. The van der Waals surface area contributed by atoms with Crippen molar-refractivity contribution >= 4 is 23.1 Å². The van der Waals surface area contributed by atoms with Gasteiger partial charge >= 0.3 is 6.18 Å². The lowest BCUT2D eigenvalue weighted by molar-refractivity contribution is -0.385. The molecule has 0 N–H and O–H groups in total. The van der Waals surface area contributed by atoms with Crippen molar-refractivity contribution in [1.29, 1.82) is 0 Å². The van der Waals surface area contributed by atoms with Crippen LogP contribution in [0.1, 0.15) is 22.8 Å². The van der Waals surface area contributed by atoms with E-state index < -0.39 is 44.7 Å². The Morgan fingerprint density at radius 3 is 2.36 bits per heavy atom. The van der Waals surface area contributed by atoms with Gasteiger partial charge in [-0.1, -0.05) is 11.6 Å². The summed E-state index contributed by atoms with van der Waals surface area (Å²) in [5, 5.41) is 10.2. The molecule has 2 aromatic carbocycles. The highest BCUT2D eigenvalue weighted by Crippen LogP contribution is 2.39. The Morgan fingerprint density at radius 1 is 1.24 bits per heavy atom. The Labute approximate surface area is 142 Å². The van der Waals surface area contributed by atoms with Gasteiger partial charge in [0.15, 0.2) is 17.3 Å². The van der Waals surface area contributed by atoms with Crippen molar-refractivity contribution < 1.29 is 32.0 Å². The molecule has 5 nitrogen and oxygen atoms in total. The monoisotopic (exact) mass is 377 g/mol. The van der Waals surface area contributed by atoms with Crippen LogP contribution in [0.4, 0.5) is 23.2 Å². The average Bonchev–Trinajstić information content (AvgIpc) is 2.49. The van der Waals surface area contributed by atoms with Gasteiger partial charge in [-0.15, -0.1) is 0 Å². The Bertz CT molecular complexity index is 844. The first kappa shape index (κ1) is 18.7. The molecule has 0 saturated carbocycles. The van der Waals surface area contributed by atoms with Crippen molar-refractivity contribution in [3.05, 3.63) is 62.4 Å². The van der Waals surface area contributed by atoms with Gasteiger partial charge in [0.1, 0.15) is 5.75 Å². The number of nitrogens with zero attached hydrogens (tertiary/aromatic N) is 1. The highest BCUT2D eigenvalue weighted by Gasteiger charge is 2.32. The second-order valence-corrected chi connectivity index (χ2v) is 5.27. The maximum absolute atomic E-state index is 13.9. The molecule has 0 atom stereocenters. The molecule has 10 heteroatoms. The van der Waals surface area contributed by atoms with Crippen LogP contribution in [0, 0.1) is 15.9 Å². The Kier molecular flexibility index (Phi) is 4.98. The van der Waals surface area contributed by atoms with Gasteiger partial charge in [0.05, 0.1) is 21.1 Å². The van der Waals surface area contributed by atoms with E-state index in [0.29, 0.717) is 6.07 Å². The first-order valence-electron chi connectivity index (χ1n) is 6.54. The number of nitro groups is 1. The lowest BCUT2D eigenvalue weighted by Gasteiger charge is -2.13. The molecule has 132 valence electrons. The van der Waals surface area contributed by atoms with Crippen molar-refractivity contribution in [3.8, 4) is 11.5 Å². The van der Waals surface area contributed by atoms with E-state index in [9.17, 15) is 32.5 Å². The summed E-state index contributed by atoms with van der Waals surface area (Å²) in [4.78, 5) is 21.6. The third-order valence-corrected chi connectivity index (χ3v) is 3.37. The quantitative estimate of drug-likeness (QED) is 0.309. The number of alkyl halides is 3. The van der Waals surface area contributed by atoms with E-state index in [0.717, 1.165) is 25.1 Å². The molecular weight excluding hydrogens is 370 g/mol. The highest BCUT2D eigenvalue weighted by atomic mass is 35.5. The van der Waals surface area contributed by atoms with Gasteiger partial charge in [-0.2, -0.15) is 13.2 Å². The van der Waals surface area contributed by atoms with Crippen LogP contribution in [-0.2, 0) is 6.18 Å². The van der Waals surface area contributed by atoms with Gasteiger partial charge < -0.3 is 4.74 Å². The average molecular weight is 378 g/mol. The number of carbonyl (C=O) groups excluding carboxylic acids is 1. The highest BCUT2D eigenvalue weighted by molar-refractivity contribution is 6.32. The molecule has 2 aromatic rings. The van der Waals surface area contributed by atoms with E-state index >= 15 is 0 Å². The summed E-state index contributed by atoms with van der Waals surface area (Å²) < 4.78 is 56.8. The zero-order chi connectivity index (χ0) is 18.9. The largest absolute Gasteiger partial charge is 0.453 e. The maximum Gasteiger partial charge on any atom is 0.416 e. The third kappa shape index (κ3) is 4.05. The van der Waals surface area contributed by atoms with Crippen molar-refractivity contribution in [2.24, 2.45) is 0 Å². The first-order chi connectivity index (χ1) is 11.5. The molecule has 0 aliphatic carbocycles. The number of rotatable bonds is 4. The van der Waals surface area contributed by atoms with Crippen molar-refractivity contribution in [2.45, 2.75) is 13.1 Å². The van der Waals surface area contributed by atoms with Crippen molar-refractivity contribution in [2.75, 3.05) is 0 Å². The van der Waals surface area contributed by atoms with Crippen molar-refractivity contribution in [1.82, 2.24) is 0 Å². The minimum absolute atomic E-state index is 0.198. The van der Waals surface area contributed by atoms with Crippen LogP contribution >= 0.6 is 11.6 Å². The fourth-order valence-electron chi connectivity index (χ4n) is 1.96. The molecule has 2 rings (SSSR count). The lowest BCUT2D eigenvalue weighted by Crippen LogP contribution is -2.06. The number of hydrogen-bond acceptors (Lipinski definition) is 4. The van der Waals surface area contributed by atoms with Crippen LogP contribution in [0.3, 0.4) is 0 Å². The number of halogens is 5. The van der Waals surface area contributed by atoms with Gasteiger partial charge in [0, 0.05) is 6.07 Å². The standard InChI is InChI=1S/C15H8ClF4NO4/c1-7(22)10-6-9(2-3-13(10)21(23)24)25-14-11(16)4-8(5-12(14)17)15(18,19)20/h2-6H,1H3.